The fourth-order valence-electron chi connectivity index (χ4n) is 3.05. The molecule has 0 aromatic heterocycles. The molecule has 1 heterocycles. The molecule has 0 saturated heterocycles. The molecule has 0 radical (unpaired) electrons. The van der Waals surface area contributed by atoms with E-state index < -0.39 is 0 Å². The van der Waals surface area contributed by atoms with Gasteiger partial charge in [0.15, 0.2) is 11.5 Å². The molecule has 1 saturated carbocycles. The molecule has 24 heavy (non-hydrogen) atoms. The molecule has 0 spiro atoms. The number of nitrogens with one attached hydrogen (secondary N) is 1. The first kappa shape index (κ1) is 14.9. The van der Waals surface area contributed by atoms with Crippen molar-refractivity contribution in [3.63, 3.8) is 0 Å². The minimum absolute atomic E-state index is 0.00895. The summed E-state index contributed by atoms with van der Waals surface area (Å²) in [4.78, 5) is 12.4. The van der Waals surface area contributed by atoms with Crippen molar-refractivity contribution in [3.8, 4) is 17.2 Å². The van der Waals surface area contributed by atoms with Gasteiger partial charge >= 0.3 is 0 Å². The maximum Gasteiger partial charge on any atom is 0.228 e. The quantitative estimate of drug-likeness (QED) is 0.938. The number of amides is 1. The number of fused-ring (bicyclic) bond motifs is 1. The molecule has 2 unspecified atom stereocenters. The maximum absolute atomic E-state index is 12.4. The van der Waals surface area contributed by atoms with Crippen LogP contribution in [0.15, 0.2) is 42.5 Å². The van der Waals surface area contributed by atoms with Gasteiger partial charge in [-0.1, -0.05) is 6.07 Å². The number of carbonyl (C=O) groups is 1. The van der Waals surface area contributed by atoms with Crippen molar-refractivity contribution in [2.45, 2.75) is 12.3 Å². The summed E-state index contributed by atoms with van der Waals surface area (Å²) in [6, 6.07) is 13.3. The molecule has 124 valence electrons. The Morgan fingerprint density at radius 3 is 2.58 bits per heavy atom. The van der Waals surface area contributed by atoms with Crippen molar-refractivity contribution >= 4 is 11.6 Å². The van der Waals surface area contributed by atoms with Crippen LogP contribution in [-0.2, 0) is 4.79 Å². The highest BCUT2D eigenvalue weighted by molar-refractivity contribution is 5.95. The zero-order chi connectivity index (χ0) is 16.5. The second-order valence-electron chi connectivity index (χ2n) is 6.07. The highest BCUT2D eigenvalue weighted by Crippen LogP contribution is 2.49. The SMILES string of the molecule is COc1ccc(NC(=O)C2CC2c2ccc3c(c2)OCCO3)cc1. The molecule has 4 rings (SSSR count). The fraction of sp³-hybridized carbons (Fsp3) is 0.316. The lowest BCUT2D eigenvalue weighted by atomic mass is 10.1. The molecule has 5 heteroatoms. The molecule has 1 fully saturated rings. The van der Waals surface area contributed by atoms with Crippen LogP contribution in [0.4, 0.5) is 5.69 Å². The molecule has 2 atom stereocenters. The van der Waals surface area contributed by atoms with Crippen LogP contribution in [0.3, 0.4) is 0 Å². The lowest BCUT2D eigenvalue weighted by Crippen LogP contribution is -2.16. The van der Waals surface area contributed by atoms with Crippen LogP contribution in [0.1, 0.15) is 17.9 Å². The summed E-state index contributed by atoms with van der Waals surface area (Å²) < 4.78 is 16.3. The van der Waals surface area contributed by atoms with Crippen molar-refractivity contribution in [2.75, 3.05) is 25.6 Å². The number of carbonyl (C=O) groups excluding carboxylic acids is 1. The number of rotatable bonds is 4. The topological polar surface area (TPSA) is 56.8 Å². The second-order valence-corrected chi connectivity index (χ2v) is 6.07. The predicted molar refractivity (Wildman–Crippen MR) is 89.9 cm³/mol. The number of anilines is 1. The largest absolute Gasteiger partial charge is 0.497 e. The third kappa shape index (κ3) is 2.89. The van der Waals surface area contributed by atoms with E-state index in [0.29, 0.717) is 13.2 Å². The van der Waals surface area contributed by atoms with Gasteiger partial charge in [0.25, 0.3) is 0 Å². The van der Waals surface area contributed by atoms with Gasteiger partial charge in [0.2, 0.25) is 5.91 Å². The molecule has 5 nitrogen and oxygen atoms in total. The zero-order valence-corrected chi connectivity index (χ0v) is 13.5. The Balaban J connectivity index is 1.41. The number of ether oxygens (including phenoxy) is 3. The highest BCUT2D eigenvalue weighted by atomic mass is 16.6. The molecule has 2 aliphatic rings. The highest BCUT2D eigenvalue weighted by Gasteiger charge is 2.44. The zero-order valence-electron chi connectivity index (χ0n) is 13.5. The number of hydrogen-bond donors (Lipinski definition) is 1. The van der Waals surface area contributed by atoms with Gasteiger partial charge in [-0.25, -0.2) is 0 Å². The Morgan fingerprint density at radius 2 is 1.83 bits per heavy atom. The fourth-order valence-corrected chi connectivity index (χ4v) is 3.05. The molecule has 1 aliphatic carbocycles. The summed E-state index contributed by atoms with van der Waals surface area (Å²) in [5.41, 5.74) is 1.92. The van der Waals surface area contributed by atoms with E-state index in [0.717, 1.165) is 34.9 Å². The predicted octanol–water partition coefficient (Wildman–Crippen LogP) is 3.21. The van der Waals surface area contributed by atoms with E-state index >= 15 is 0 Å². The van der Waals surface area contributed by atoms with Crippen LogP contribution in [-0.4, -0.2) is 26.2 Å². The van der Waals surface area contributed by atoms with Crippen molar-refractivity contribution in [3.05, 3.63) is 48.0 Å². The lowest BCUT2D eigenvalue weighted by molar-refractivity contribution is -0.117. The van der Waals surface area contributed by atoms with Gasteiger partial charge in [-0.2, -0.15) is 0 Å². The minimum Gasteiger partial charge on any atom is -0.497 e. The van der Waals surface area contributed by atoms with Crippen molar-refractivity contribution in [1.29, 1.82) is 0 Å². The van der Waals surface area contributed by atoms with E-state index in [2.05, 4.69) is 5.32 Å². The molecular formula is C19H19NO4. The molecule has 1 N–H and O–H groups in total. The van der Waals surface area contributed by atoms with Crippen LogP contribution < -0.4 is 19.5 Å². The van der Waals surface area contributed by atoms with Gasteiger partial charge in [-0.3, -0.25) is 4.79 Å². The standard InChI is InChI=1S/C19H19NO4/c1-22-14-5-3-13(4-6-14)20-19(21)16-11-15(16)12-2-7-17-18(10-12)24-9-8-23-17/h2-7,10,15-16H,8-9,11H2,1H3,(H,20,21). The summed E-state index contributed by atoms with van der Waals surface area (Å²) in [5, 5.41) is 2.97. The van der Waals surface area contributed by atoms with E-state index in [4.69, 9.17) is 14.2 Å². The lowest BCUT2D eigenvalue weighted by Gasteiger charge is -2.18. The first-order chi connectivity index (χ1) is 11.7. The number of hydrogen-bond acceptors (Lipinski definition) is 4. The van der Waals surface area contributed by atoms with Gasteiger partial charge in [-0.15, -0.1) is 0 Å². The van der Waals surface area contributed by atoms with Crippen molar-refractivity contribution < 1.29 is 19.0 Å². The van der Waals surface area contributed by atoms with E-state index in [1.54, 1.807) is 7.11 Å². The third-order valence-corrected chi connectivity index (χ3v) is 4.48. The van der Waals surface area contributed by atoms with Gasteiger partial charge < -0.3 is 19.5 Å². The number of benzene rings is 2. The second kappa shape index (κ2) is 6.07. The molecule has 1 aliphatic heterocycles. The van der Waals surface area contributed by atoms with Gasteiger partial charge in [-0.05, 0) is 54.3 Å². The van der Waals surface area contributed by atoms with Gasteiger partial charge in [0.05, 0.1) is 7.11 Å². The molecule has 2 aromatic carbocycles. The maximum atomic E-state index is 12.4. The minimum atomic E-state index is 0.00895. The van der Waals surface area contributed by atoms with E-state index in [-0.39, 0.29) is 17.7 Å². The van der Waals surface area contributed by atoms with Gasteiger partial charge in [0, 0.05) is 11.6 Å². The first-order valence-corrected chi connectivity index (χ1v) is 8.09. The Bertz CT molecular complexity index is 756. The van der Waals surface area contributed by atoms with Crippen LogP contribution >= 0.6 is 0 Å². The van der Waals surface area contributed by atoms with E-state index in [1.807, 2.05) is 42.5 Å². The van der Waals surface area contributed by atoms with E-state index in [1.165, 1.54) is 0 Å². The molecule has 1 amide bonds. The molecule has 2 aromatic rings. The Morgan fingerprint density at radius 1 is 1.08 bits per heavy atom. The molecular weight excluding hydrogens is 306 g/mol. The van der Waals surface area contributed by atoms with Gasteiger partial charge in [0.1, 0.15) is 19.0 Å². The van der Waals surface area contributed by atoms with Crippen molar-refractivity contribution in [1.82, 2.24) is 0 Å². The Kier molecular flexibility index (Phi) is 3.76. The monoisotopic (exact) mass is 325 g/mol. The van der Waals surface area contributed by atoms with Crippen LogP contribution in [0, 0.1) is 5.92 Å². The average Bonchev–Trinajstić information content (AvgIpc) is 3.43. The van der Waals surface area contributed by atoms with E-state index in [9.17, 15) is 4.79 Å². The van der Waals surface area contributed by atoms with Crippen LogP contribution in [0.2, 0.25) is 0 Å². The van der Waals surface area contributed by atoms with Crippen LogP contribution in [0.5, 0.6) is 17.2 Å². The summed E-state index contributed by atoms with van der Waals surface area (Å²) in [6.07, 6.45) is 0.863. The molecule has 0 bridgehead atoms. The smallest absolute Gasteiger partial charge is 0.228 e. The Hall–Kier alpha value is -2.69. The summed E-state index contributed by atoms with van der Waals surface area (Å²) in [6.45, 7) is 1.16. The first-order valence-electron chi connectivity index (χ1n) is 8.09. The van der Waals surface area contributed by atoms with Crippen LogP contribution in [0.25, 0.3) is 0 Å². The summed E-state index contributed by atoms with van der Waals surface area (Å²) in [7, 11) is 1.62. The summed E-state index contributed by atoms with van der Waals surface area (Å²) in [5.74, 6) is 2.65. The third-order valence-electron chi connectivity index (χ3n) is 4.48. The number of methoxy groups -OCH3 is 1. The normalized spacial score (nSPS) is 21.0. The average molecular weight is 325 g/mol. The van der Waals surface area contributed by atoms with Crippen molar-refractivity contribution in [2.24, 2.45) is 5.92 Å². The summed E-state index contributed by atoms with van der Waals surface area (Å²) >= 11 is 0. The Labute approximate surface area is 140 Å².